The van der Waals surface area contributed by atoms with Crippen LogP contribution in [0.1, 0.15) is 11.1 Å². The molecule has 2 aromatic carbocycles. The number of para-hydroxylation sites is 1. The van der Waals surface area contributed by atoms with Crippen LogP contribution in [0, 0.1) is 13.8 Å². The Morgan fingerprint density at radius 1 is 0.833 bits per heavy atom. The first-order chi connectivity index (χ1) is 11.7. The van der Waals surface area contributed by atoms with Crippen molar-refractivity contribution in [2.45, 2.75) is 13.8 Å². The van der Waals surface area contributed by atoms with E-state index in [0.29, 0.717) is 0 Å². The molecule has 0 radical (unpaired) electrons. The fraction of sp³-hybridized carbons (Fsp3) is 0.158. The predicted molar refractivity (Wildman–Crippen MR) is 97.5 cm³/mol. The number of methoxy groups -OCH3 is 1. The average Bonchev–Trinajstić information content (AvgIpc) is 2.59. The molecule has 2 N–H and O–H groups in total. The lowest BCUT2D eigenvalue weighted by molar-refractivity contribution is 0.415. The number of nitrogens with zero attached hydrogens (tertiary/aromatic N) is 2. The first kappa shape index (κ1) is 15.8. The highest BCUT2D eigenvalue weighted by Gasteiger charge is 2.05. The maximum Gasteiger partial charge on any atom is 0.135 e. The minimum atomic E-state index is 0.726. The largest absolute Gasteiger partial charge is 0.497 e. The van der Waals surface area contributed by atoms with Crippen LogP contribution in [-0.2, 0) is 0 Å². The summed E-state index contributed by atoms with van der Waals surface area (Å²) in [4.78, 5) is 8.57. The van der Waals surface area contributed by atoms with E-state index in [1.54, 1.807) is 13.4 Å². The topological polar surface area (TPSA) is 59.1 Å². The summed E-state index contributed by atoms with van der Waals surface area (Å²) in [5.41, 5.74) is 4.37. The van der Waals surface area contributed by atoms with Crippen molar-refractivity contribution >= 4 is 23.0 Å². The van der Waals surface area contributed by atoms with Crippen molar-refractivity contribution in [2.24, 2.45) is 0 Å². The first-order valence-electron chi connectivity index (χ1n) is 7.72. The maximum atomic E-state index is 5.16. The van der Waals surface area contributed by atoms with Crippen LogP contribution < -0.4 is 15.4 Å². The fourth-order valence-corrected chi connectivity index (χ4v) is 2.46. The highest BCUT2D eigenvalue weighted by atomic mass is 16.5. The van der Waals surface area contributed by atoms with Crippen molar-refractivity contribution in [1.82, 2.24) is 9.97 Å². The minimum Gasteiger partial charge on any atom is -0.497 e. The standard InChI is InChI=1S/C19H20N4O/c1-13-5-4-6-14(2)19(13)23-18-11-17(20-12-21-18)22-15-7-9-16(24-3)10-8-15/h4-12H,1-3H3,(H2,20,21,22,23). The molecule has 3 aromatic rings. The van der Waals surface area contributed by atoms with Gasteiger partial charge in [-0.15, -0.1) is 0 Å². The van der Waals surface area contributed by atoms with E-state index < -0.39 is 0 Å². The zero-order valence-corrected chi connectivity index (χ0v) is 14.0. The Morgan fingerprint density at radius 3 is 2.08 bits per heavy atom. The van der Waals surface area contributed by atoms with Gasteiger partial charge >= 0.3 is 0 Å². The molecule has 0 bridgehead atoms. The van der Waals surface area contributed by atoms with Crippen LogP contribution in [0.25, 0.3) is 0 Å². The molecule has 122 valence electrons. The van der Waals surface area contributed by atoms with Crippen LogP contribution in [0.15, 0.2) is 54.9 Å². The smallest absolute Gasteiger partial charge is 0.135 e. The quantitative estimate of drug-likeness (QED) is 0.720. The lowest BCUT2D eigenvalue weighted by Crippen LogP contribution is -2.00. The van der Waals surface area contributed by atoms with Gasteiger partial charge in [0.15, 0.2) is 0 Å². The van der Waals surface area contributed by atoms with Crippen LogP contribution in [0.5, 0.6) is 5.75 Å². The molecule has 5 nitrogen and oxygen atoms in total. The molecule has 24 heavy (non-hydrogen) atoms. The summed E-state index contributed by atoms with van der Waals surface area (Å²) in [6, 6.07) is 15.8. The molecule has 0 aliphatic carbocycles. The number of hydrogen-bond acceptors (Lipinski definition) is 5. The molecule has 3 rings (SSSR count). The molecule has 0 fully saturated rings. The third-order valence-electron chi connectivity index (χ3n) is 3.76. The molecule has 0 saturated carbocycles. The Hall–Kier alpha value is -3.08. The minimum absolute atomic E-state index is 0.726. The molecule has 0 saturated heterocycles. The van der Waals surface area contributed by atoms with Crippen molar-refractivity contribution in [3.8, 4) is 5.75 Å². The van der Waals surface area contributed by atoms with Gasteiger partial charge in [-0.2, -0.15) is 0 Å². The van der Waals surface area contributed by atoms with E-state index in [-0.39, 0.29) is 0 Å². The molecule has 1 heterocycles. The maximum absolute atomic E-state index is 5.16. The van der Waals surface area contributed by atoms with Gasteiger partial charge in [-0.05, 0) is 49.2 Å². The lowest BCUT2D eigenvalue weighted by atomic mass is 10.1. The van der Waals surface area contributed by atoms with Crippen LogP contribution in [0.4, 0.5) is 23.0 Å². The van der Waals surface area contributed by atoms with Crippen molar-refractivity contribution in [3.63, 3.8) is 0 Å². The second-order valence-electron chi connectivity index (χ2n) is 5.53. The summed E-state index contributed by atoms with van der Waals surface area (Å²) in [7, 11) is 1.65. The zero-order valence-electron chi connectivity index (χ0n) is 14.0. The Labute approximate surface area is 141 Å². The Kier molecular flexibility index (Phi) is 4.61. The van der Waals surface area contributed by atoms with E-state index in [4.69, 9.17) is 4.74 Å². The van der Waals surface area contributed by atoms with Gasteiger partial charge in [0.05, 0.1) is 7.11 Å². The van der Waals surface area contributed by atoms with E-state index >= 15 is 0 Å². The van der Waals surface area contributed by atoms with Crippen LogP contribution in [-0.4, -0.2) is 17.1 Å². The Balaban J connectivity index is 1.78. The van der Waals surface area contributed by atoms with Crippen LogP contribution >= 0.6 is 0 Å². The molecular formula is C19H20N4O. The van der Waals surface area contributed by atoms with Crippen molar-refractivity contribution < 1.29 is 4.74 Å². The average molecular weight is 320 g/mol. The van der Waals surface area contributed by atoms with Crippen LogP contribution in [0.3, 0.4) is 0 Å². The number of aryl methyl sites for hydroxylation is 2. The number of aromatic nitrogens is 2. The third kappa shape index (κ3) is 3.63. The second kappa shape index (κ2) is 7.00. The highest BCUT2D eigenvalue weighted by molar-refractivity contribution is 5.67. The number of anilines is 4. The van der Waals surface area contributed by atoms with E-state index in [1.165, 1.54) is 11.1 Å². The summed E-state index contributed by atoms with van der Waals surface area (Å²) in [5, 5.41) is 6.64. The Morgan fingerprint density at radius 2 is 1.46 bits per heavy atom. The molecule has 0 spiro atoms. The van der Waals surface area contributed by atoms with E-state index in [9.17, 15) is 0 Å². The monoisotopic (exact) mass is 320 g/mol. The molecule has 0 atom stereocenters. The van der Waals surface area contributed by atoms with Gasteiger partial charge in [0.25, 0.3) is 0 Å². The van der Waals surface area contributed by atoms with Gasteiger partial charge in [0, 0.05) is 17.4 Å². The second-order valence-corrected chi connectivity index (χ2v) is 5.53. The summed E-state index contributed by atoms with van der Waals surface area (Å²) in [5.74, 6) is 2.29. The number of rotatable bonds is 5. The number of benzene rings is 2. The number of hydrogen-bond donors (Lipinski definition) is 2. The van der Waals surface area contributed by atoms with E-state index in [0.717, 1.165) is 28.8 Å². The van der Waals surface area contributed by atoms with Gasteiger partial charge in [-0.25, -0.2) is 9.97 Å². The highest BCUT2D eigenvalue weighted by Crippen LogP contribution is 2.25. The Bertz CT molecular complexity index is 811. The number of nitrogens with one attached hydrogen (secondary N) is 2. The summed E-state index contributed by atoms with van der Waals surface area (Å²) in [6.45, 7) is 4.15. The summed E-state index contributed by atoms with van der Waals surface area (Å²) in [6.07, 6.45) is 1.54. The SMILES string of the molecule is COc1ccc(Nc2cc(Nc3c(C)cccc3C)ncn2)cc1. The molecule has 0 aliphatic heterocycles. The fourth-order valence-electron chi connectivity index (χ4n) is 2.46. The molecule has 1 aromatic heterocycles. The normalized spacial score (nSPS) is 10.3. The van der Waals surface area contributed by atoms with Crippen molar-refractivity contribution in [2.75, 3.05) is 17.7 Å². The predicted octanol–water partition coefficient (Wildman–Crippen LogP) is 4.59. The van der Waals surface area contributed by atoms with Crippen molar-refractivity contribution in [3.05, 3.63) is 66.0 Å². The third-order valence-corrected chi connectivity index (χ3v) is 3.76. The molecular weight excluding hydrogens is 300 g/mol. The molecule has 5 heteroatoms. The van der Waals surface area contributed by atoms with E-state index in [1.807, 2.05) is 36.4 Å². The first-order valence-corrected chi connectivity index (χ1v) is 7.72. The summed E-state index contributed by atoms with van der Waals surface area (Å²) >= 11 is 0. The van der Waals surface area contributed by atoms with Gasteiger partial charge < -0.3 is 15.4 Å². The van der Waals surface area contributed by atoms with Gasteiger partial charge in [-0.1, -0.05) is 18.2 Å². The van der Waals surface area contributed by atoms with Gasteiger partial charge in [0.2, 0.25) is 0 Å². The van der Waals surface area contributed by atoms with E-state index in [2.05, 4.69) is 46.6 Å². The van der Waals surface area contributed by atoms with Gasteiger partial charge in [0.1, 0.15) is 23.7 Å². The van der Waals surface area contributed by atoms with Crippen molar-refractivity contribution in [1.29, 1.82) is 0 Å². The molecule has 0 aliphatic rings. The van der Waals surface area contributed by atoms with Gasteiger partial charge in [-0.3, -0.25) is 0 Å². The number of ether oxygens (including phenoxy) is 1. The molecule has 0 amide bonds. The lowest BCUT2D eigenvalue weighted by Gasteiger charge is -2.13. The van der Waals surface area contributed by atoms with Crippen LogP contribution in [0.2, 0.25) is 0 Å². The zero-order chi connectivity index (χ0) is 16.9. The summed E-state index contributed by atoms with van der Waals surface area (Å²) < 4.78 is 5.16. The molecule has 0 unspecified atom stereocenters.